The highest BCUT2D eigenvalue weighted by Crippen LogP contribution is 2.37. The molecule has 1 amide bonds. The maximum Gasteiger partial charge on any atom is 0.329 e. The van der Waals surface area contributed by atoms with Gasteiger partial charge in [0.1, 0.15) is 17.9 Å². The van der Waals surface area contributed by atoms with Crippen LogP contribution in [0.5, 0.6) is 0 Å². The maximum atomic E-state index is 14.3. The molecule has 3 unspecified atom stereocenters. The molecule has 13 nitrogen and oxygen atoms in total. The van der Waals surface area contributed by atoms with Crippen LogP contribution in [0.1, 0.15) is 132 Å². The van der Waals surface area contributed by atoms with E-state index in [0.29, 0.717) is 63.4 Å². The number of allylic oxidation sites excluding steroid dienone is 6. The molecule has 1 aliphatic carbocycles. The van der Waals surface area contributed by atoms with Crippen molar-refractivity contribution in [2.75, 3.05) is 20.8 Å². The van der Waals surface area contributed by atoms with Crippen molar-refractivity contribution in [1.29, 1.82) is 0 Å². The number of hydrogen-bond acceptors (Lipinski definition) is 12. The van der Waals surface area contributed by atoms with E-state index in [9.17, 15) is 39.3 Å². The van der Waals surface area contributed by atoms with Crippen molar-refractivity contribution in [2.24, 2.45) is 35.5 Å². The van der Waals surface area contributed by atoms with Crippen LogP contribution in [0.15, 0.2) is 47.6 Å². The SMILES string of the molecule is CO[C@H]1C[C@@H]2CC[C@@H](C)[C@@](O)(O2)C(=O)C(=O)N2CCCCC2C(=O)O[C@H]([C@H](C)CC2CC[C@@H](O)[C@H](OC)C2)CC(=O)C(C)=CC(C)[C@H](O)CC(=O)[C@H](C)C[C@H](C)C=CC=CC=C1C. The van der Waals surface area contributed by atoms with Crippen LogP contribution in [0.2, 0.25) is 0 Å². The fraction of sp³-hybridized carbons (Fsp3) is 0.740. The Balaban J connectivity index is 1.67. The van der Waals surface area contributed by atoms with E-state index in [1.165, 1.54) is 4.90 Å². The summed E-state index contributed by atoms with van der Waals surface area (Å²) in [7, 11) is 3.15. The van der Waals surface area contributed by atoms with Gasteiger partial charge in [0.25, 0.3) is 11.7 Å². The first-order chi connectivity index (χ1) is 29.8. The first-order valence-corrected chi connectivity index (χ1v) is 23.4. The molecule has 3 fully saturated rings. The number of amides is 1. The lowest BCUT2D eigenvalue weighted by atomic mass is 9.78. The molecule has 2 saturated heterocycles. The summed E-state index contributed by atoms with van der Waals surface area (Å²) in [4.78, 5) is 71.1. The van der Waals surface area contributed by atoms with Gasteiger partial charge in [-0.3, -0.25) is 19.2 Å². The van der Waals surface area contributed by atoms with Crippen LogP contribution >= 0.6 is 0 Å². The van der Waals surface area contributed by atoms with E-state index in [-0.39, 0.29) is 67.1 Å². The molecule has 4 rings (SSSR count). The Kier molecular flexibility index (Phi) is 20.1. The molecule has 14 atom stereocenters. The number of methoxy groups -OCH3 is 2. The van der Waals surface area contributed by atoms with Crippen molar-refractivity contribution in [3.63, 3.8) is 0 Å². The molecule has 0 radical (unpaired) electrons. The number of esters is 1. The predicted molar refractivity (Wildman–Crippen MR) is 239 cm³/mol. The van der Waals surface area contributed by atoms with Crippen molar-refractivity contribution in [3.8, 4) is 0 Å². The van der Waals surface area contributed by atoms with E-state index in [2.05, 4.69) is 0 Å². The third-order valence-corrected chi connectivity index (χ3v) is 14.2. The number of fused-ring (bicyclic) bond motifs is 3. The molecule has 4 aliphatic rings. The molecule has 13 heteroatoms. The number of aliphatic hydroxyl groups excluding tert-OH is 2. The second-order valence-electron chi connectivity index (χ2n) is 19.3. The van der Waals surface area contributed by atoms with E-state index in [1.807, 2.05) is 58.1 Å². The van der Waals surface area contributed by atoms with Gasteiger partial charge in [-0.15, -0.1) is 0 Å². The normalized spacial score (nSPS) is 37.5. The third-order valence-electron chi connectivity index (χ3n) is 14.2. The van der Waals surface area contributed by atoms with Gasteiger partial charge in [0.2, 0.25) is 5.79 Å². The second-order valence-corrected chi connectivity index (χ2v) is 19.3. The van der Waals surface area contributed by atoms with Crippen LogP contribution in [0.4, 0.5) is 0 Å². The quantitative estimate of drug-likeness (QED) is 0.200. The van der Waals surface area contributed by atoms with Gasteiger partial charge in [0, 0.05) is 57.8 Å². The van der Waals surface area contributed by atoms with Gasteiger partial charge in [-0.1, -0.05) is 71.1 Å². The number of piperidine rings is 1. The number of ether oxygens (including phenoxy) is 4. The lowest BCUT2D eigenvalue weighted by molar-refractivity contribution is -0.265. The van der Waals surface area contributed by atoms with Crippen molar-refractivity contribution in [1.82, 2.24) is 4.90 Å². The number of rotatable bonds is 5. The predicted octanol–water partition coefficient (Wildman–Crippen LogP) is 6.56. The smallest absolute Gasteiger partial charge is 0.329 e. The van der Waals surface area contributed by atoms with Crippen molar-refractivity contribution >= 4 is 29.2 Å². The van der Waals surface area contributed by atoms with Gasteiger partial charge < -0.3 is 39.2 Å². The Hall–Kier alpha value is -3.33. The Morgan fingerprint density at radius 1 is 0.857 bits per heavy atom. The van der Waals surface area contributed by atoms with E-state index in [4.69, 9.17) is 18.9 Å². The summed E-state index contributed by atoms with van der Waals surface area (Å²) in [5, 5.41) is 33.5. The summed E-state index contributed by atoms with van der Waals surface area (Å²) in [6, 6.07) is -1.12. The van der Waals surface area contributed by atoms with Gasteiger partial charge in [-0.05, 0) is 107 Å². The van der Waals surface area contributed by atoms with Crippen molar-refractivity contribution in [2.45, 2.75) is 180 Å². The molecule has 3 aliphatic heterocycles. The van der Waals surface area contributed by atoms with Crippen LogP contribution in [-0.2, 0) is 42.9 Å². The topological polar surface area (TPSA) is 186 Å². The average Bonchev–Trinajstić information content (AvgIpc) is 3.25. The highest BCUT2D eigenvalue weighted by molar-refractivity contribution is 6.39. The Morgan fingerprint density at radius 3 is 2.29 bits per heavy atom. The van der Waals surface area contributed by atoms with E-state index < -0.39 is 71.8 Å². The number of cyclic esters (lactones) is 1. The van der Waals surface area contributed by atoms with Crippen molar-refractivity contribution in [3.05, 3.63) is 47.6 Å². The highest BCUT2D eigenvalue weighted by Gasteiger charge is 2.53. The van der Waals surface area contributed by atoms with Gasteiger partial charge >= 0.3 is 5.97 Å². The number of nitrogens with zero attached hydrogens (tertiary/aromatic N) is 1. The van der Waals surface area contributed by atoms with Gasteiger partial charge in [0.05, 0.1) is 30.5 Å². The fourth-order valence-corrected chi connectivity index (χ4v) is 9.78. The molecule has 0 aromatic rings. The second kappa shape index (κ2) is 24.3. The summed E-state index contributed by atoms with van der Waals surface area (Å²) in [5.74, 6) is -7.26. The molecule has 354 valence electrons. The molecule has 0 spiro atoms. The Labute approximate surface area is 375 Å². The molecule has 2 bridgehead atoms. The van der Waals surface area contributed by atoms with E-state index >= 15 is 0 Å². The standard InChI is InChI=1S/C50H77NO12/c1-30-15-11-10-12-16-31(2)44(60-8)27-38-20-18-36(7)50(59,63-38)47(56)48(57)51-22-14-13-17-39(51)49(58)62-45(35(6)25-37-19-21-40(52)46(26-37)61-9)29-43(55)34(5)24-33(4)42(54)28-41(53)32(3)23-30/h10-12,15-16,24,30,32-33,35-40,42,44-46,52,54,59H,13-14,17-23,25-29H2,1-9H3/t30-,32-,33?,35-,36-,37?,38+,39?,40-,42-,44+,45+,46-,50-/m1/s1. The number of Topliss-reactive ketones (excluding diaryl/α,β-unsaturated/α-hetero) is 3. The van der Waals surface area contributed by atoms with Crippen LogP contribution in [0, 0.1) is 35.5 Å². The minimum absolute atomic E-state index is 0.0570. The maximum absolute atomic E-state index is 14.3. The van der Waals surface area contributed by atoms with Crippen LogP contribution < -0.4 is 0 Å². The summed E-state index contributed by atoms with van der Waals surface area (Å²) < 4.78 is 23.8. The minimum Gasteiger partial charge on any atom is -0.460 e. The number of ketones is 3. The van der Waals surface area contributed by atoms with Crippen LogP contribution in [-0.4, -0.2) is 119 Å². The average molecular weight is 884 g/mol. The molecule has 1 saturated carbocycles. The largest absolute Gasteiger partial charge is 0.460 e. The number of carbonyl (C=O) groups is 5. The molecule has 0 aromatic heterocycles. The molecule has 63 heavy (non-hydrogen) atoms. The summed E-state index contributed by atoms with van der Waals surface area (Å²) in [5.41, 5.74) is 1.26. The Bertz CT molecular complexity index is 1700. The molecule has 3 heterocycles. The van der Waals surface area contributed by atoms with E-state index in [1.54, 1.807) is 41.1 Å². The first-order valence-electron chi connectivity index (χ1n) is 23.4. The summed E-state index contributed by atoms with van der Waals surface area (Å²) in [6.07, 6.45) is 13.0. The molecule has 0 aromatic carbocycles. The zero-order valence-corrected chi connectivity index (χ0v) is 39.3. The number of hydrogen-bond donors (Lipinski definition) is 3. The monoisotopic (exact) mass is 884 g/mol. The lowest BCUT2D eigenvalue weighted by Crippen LogP contribution is -2.61. The van der Waals surface area contributed by atoms with E-state index in [0.717, 1.165) is 12.0 Å². The number of aliphatic hydroxyl groups is 3. The molecule has 3 N–H and O–H groups in total. The van der Waals surface area contributed by atoms with Crippen LogP contribution in [0.3, 0.4) is 0 Å². The lowest BCUT2D eigenvalue weighted by Gasteiger charge is -2.42. The van der Waals surface area contributed by atoms with Crippen LogP contribution in [0.25, 0.3) is 0 Å². The summed E-state index contributed by atoms with van der Waals surface area (Å²) in [6.45, 7) is 12.9. The molecular formula is C50H77NO12. The Morgan fingerprint density at radius 2 is 1.59 bits per heavy atom. The zero-order valence-electron chi connectivity index (χ0n) is 39.3. The van der Waals surface area contributed by atoms with Gasteiger partial charge in [-0.25, -0.2) is 4.79 Å². The highest BCUT2D eigenvalue weighted by atomic mass is 16.6. The number of carbonyl (C=O) groups excluding carboxylic acids is 5. The first kappa shape index (κ1) is 52.3. The zero-order chi connectivity index (χ0) is 46.6. The molecular weight excluding hydrogens is 807 g/mol. The van der Waals surface area contributed by atoms with Gasteiger partial charge in [-0.2, -0.15) is 0 Å². The van der Waals surface area contributed by atoms with Gasteiger partial charge in [0.15, 0.2) is 5.78 Å². The third kappa shape index (κ3) is 14.3. The van der Waals surface area contributed by atoms with Crippen molar-refractivity contribution < 1.29 is 58.2 Å². The minimum atomic E-state index is -2.42. The fourth-order valence-electron chi connectivity index (χ4n) is 9.78. The summed E-state index contributed by atoms with van der Waals surface area (Å²) >= 11 is 0.